The van der Waals surface area contributed by atoms with E-state index >= 15 is 0 Å². The van der Waals surface area contributed by atoms with Crippen molar-refractivity contribution in [2.75, 3.05) is 27.2 Å². The van der Waals surface area contributed by atoms with E-state index in [1.165, 1.54) is 12.0 Å². The van der Waals surface area contributed by atoms with Gasteiger partial charge in [0.05, 0.1) is 7.11 Å². The molecule has 4 nitrogen and oxygen atoms in total. The number of likely N-dealkylation sites (tertiary alicyclic amines) is 1. The standard InChI is InChI=1S/C14H23N3O/c1-11-9-17(7-6-13(11)15-2)10-12-4-5-14(18-3)16-8-12/h4-5,8,11,13,15H,6-7,9-10H2,1-3H3. The van der Waals surface area contributed by atoms with Crippen molar-refractivity contribution in [2.24, 2.45) is 5.92 Å². The van der Waals surface area contributed by atoms with E-state index in [0.29, 0.717) is 17.8 Å². The monoisotopic (exact) mass is 249 g/mol. The fourth-order valence-corrected chi connectivity index (χ4v) is 2.69. The van der Waals surface area contributed by atoms with Gasteiger partial charge in [0.25, 0.3) is 0 Å². The molecule has 1 fully saturated rings. The zero-order chi connectivity index (χ0) is 13.0. The molecule has 1 aromatic heterocycles. The van der Waals surface area contributed by atoms with Crippen LogP contribution in [0.15, 0.2) is 18.3 Å². The van der Waals surface area contributed by atoms with Gasteiger partial charge in [-0.25, -0.2) is 4.98 Å². The number of nitrogens with one attached hydrogen (secondary N) is 1. The molecule has 1 saturated heterocycles. The van der Waals surface area contributed by atoms with Crippen LogP contribution in [0.4, 0.5) is 0 Å². The van der Waals surface area contributed by atoms with Crippen LogP contribution in [0.2, 0.25) is 0 Å². The van der Waals surface area contributed by atoms with E-state index in [0.717, 1.165) is 19.6 Å². The summed E-state index contributed by atoms with van der Waals surface area (Å²) in [6, 6.07) is 4.69. The van der Waals surface area contributed by atoms with Gasteiger partial charge < -0.3 is 10.1 Å². The summed E-state index contributed by atoms with van der Waals surface area (Å²) in [4.78, 5) is 6.75. The van der Waals surface area contributed by atoms with Crippen LogP contribution in [-0.4, -0.2) is 43.2 Å². The smallest absolute Gasteiger partial charge is 0.212 e. The van der Waals surface area contributed by atoms with Crippen molar-refractivity contribution in [1.82, 2.24) is 15.2 Å². The molecule has 2 rings (SSSR count). The number of hydrogen-bond acceptors (Lipinski definition) is 4. The second-order valence-electron chi connectivity index (χ2n) is 5.11. The molecule has 18 heavy (non-hydrogen) atoms. The molecule has 1 aromatic rings. The molecule has 2 unspecified atom stereocenters. The van der Waals surface area contributed by atoms with E-state index in [1.54, 1.807) is 7.11 Å². The van der Waals surface area contributed by atoms with Gasteiger partial charge in [0.2, 0.25) is 5.88 Å². The first kappa shape index (κ1) is 13.3. The fraction of sp³-hybridized carbons (Fsp3) is 0.643. The molecule has 1 aliphatic rings. The Kier molecular flexibility index (Phi) is 4.55. The molecule has 1 N–H and O–H groups in total. The average Bonchev–Trinajstić information content (AvgIpc) is 2.40. The Balaban J connectivity index is 1.89. The highest BCUT2D eigenvalue weighted by Crippen LogP contribution is 2.18. The first-order valence-electron chi connectivity index (χ1n) is 6.61. The molecule has 2 heterocycles. The maximum Gasteiger partial charge on any atom is 0.212 e. The topological polar surface area (TPSA) is 37.4 Å². The minimum atomic E-state index is 0.662. The molecule has 100 valence electrons. The lowest BCUT2D eigenvalue weighted by molar-refractivity contribution is 0.145. The van der Waals surface area contributed by atoms with Gasteiger partial charge in [-0.15, -0.1) is 0 Å². The molecule has 0 aliphatic carbocycles. The molecule has 4 heteroatoms. The second kappa shape index (κ2) is 6.16. The van der Waals surface area contributed by atoms with E-state index in [4.69, 9.17) is 4.74 Å². The molecule has 0 saturated carbocycles. The van der Waals surface area contributed by atoms with Crippen molar-refractivity contribution in [3.63, 3.8) is 0 Å². The van der Waals surface area contributed by atoms with Gasteiger partial charge in [-0.05, 0) is 31.5 Å². The summed E-state index contributed by atoms with van der Waals surface area (Å²) >= 11 is 0. The van der Waals surface area contributed by atoms with E-state index in [2.05, 4.69) is 35.2 Å². The van der Waals surface area contributed by atoms with Crippen LogP contribution in [0, 0.1) is 5.92 Å². The number of ether oxygens (including phenoxy) is 1. The molecule has 0 aromatic carbocycles. The van der Waals surface area contributed by atoms with E-state index in [-0.39, 0.29) is 0 Å². The lowest BCUT2D eigenvalue weighted by Gasteiger charge is -2.36. The largest absolute Gasteiger partial charge is 0.481 e. The molecule has 0 amide bonds. The minimum Gasteiger partial charge on any atom is -0.481 e. The first-order valence-corrected chi connectivity index (χ1v) is 6.61. The number of piperidine rings is 1. The number of aromatic nitrogens is 1. The summed E-state index contributed by atoms with van der Waals surface area (Å²) in [7, 11) is 3.70. The fourth-order valence-electron chi connectivity index (χ4n) is 2.69. The minimum absolute atomic E-state index is 0.662. The van der Waals surface area contributed by atoms with Crippen LogP contribution in [0.3, 0.4) is 0 Å². The molecular weight excluding hydrogens is 226 g/mol. The van der Waals surface area contributed by atoms with Crippen molar-refractivity contribution < 1.29 is 4.74 Å². The number of pyridine rings is 1. The van der Waals surface area contributed by atoms with Crippen molar-refractivity contribution in [3.05, 3.63) is 23.9 Å². The molecule has 0 spiro atoms. The maximum absolute atomic E-state index is 5.07. The van der Waals surface area contributed by atoms with Gasteiger partial charge in [-0.3, -0.25) is 4.90 Å². The maximum atomic E-state index is 5.07. The summed E-state index contributed by atoms with van der Waals surface area (Å²) in [5.41, 5.74) is 1.26. The predicted octanol–water partition coefficient (Wildman–Crippen LogP) is 1.52. The van der Waals surface area contributed by atoms with Gasteiger partial charge in [-0.1, -0.05) is 13.0 Å². The molecule has 2 atom stereocenters. The number of hydrogen-bond donors (Lipinski definition) is 1. The Morgan fingerprint density at radius 2 is 2.33 bits per heavy atom. The van der Waals surface area contributed by atoms with Gasteiger partial charge in [0.1, 0.15) is 0 Å². The van der Waals surface area contributed by atoms with Crippen LogP contribution >= 0.6 is 0 Å². The second-order valence-corrected chi connectivity index (χ2v) is 5.11. The summed E-state index contributed by atoms with van der Waals surface area (Å²) in [6.07, 6.45) is 3.13. The van der Waals surface area contributed by atoms with Gasteiger partial charge in [0, 0.05) is 31.4 Å². The summed E-state index contributed by atoms with van der Waals surface area (Å²) < 4.78 is 5.07. The third-order valence-corrected chi connectivity index (χ3v) is 3.77. The van der Waals surface area contributed by atoms with E-state index in [1.807, 2.05) is 12.3 Å². The number of rotatable bonds is 4. The summed E-state index contributed by atoms with van der Waals surface area (Å²) in [5, 5.41) is 3.40. The normalized spacial score (nSPS) is 25.1. The summed E-state index contributed by atoms with van der Waals surface area (Å²) in [6.45, 7) is 5.61. The van der Waals surface area contributed by atoms with Crippen molar-refractivity contribution in [3.8, 4) is 5.88 Å². The van der Waals surface area contributed by atoms with E-state index < -0.39 is 0 Å². The molecular formula is C14H23N3O. The third kappa shape index (κ3) is 3.21. The Morgan fingerprint density at radius 3 is 2.89 bits per heavy atom. The highest BCUT2D eigenvalue weighted by atomic mass is 16.5. The van der Waals surface area contributed by atoms with Gasteiger partial charge >= 0.3 is 0 Å². The lowest BCUT2D eigenvalue weighted by Crippen LogP contribution is -2.46. The molecule has 0 radical (unpaired) electrons. The Hall–Kier alpha value is -1.13. The van der Waals surface area contributed by atoms with Gasteiger partial charge in [0.15, 0.2) is 0 Å². The SMILES string of the molecule is CNC1CCN(Cc2ccc(OC)nc2)CC1C. The quantitative estimate of drug-likeness (QED) is 0.878. The number of nitrogens with zero attached hydrogens (tertiary/aromatic N) is 2. The molecule has 0 bridgehead atoms. The lowest BCUT2D eigenvalue weighted by atomic mass is 9.94. The summed E-state index contributed by atoms with van der Waals surface area (Å²) in [5.74, 6) is 1.39. The Morgan fingerprint density at radius 1 is 1.50 bits per heavy atom. The van der Waals surface area contributed by atoms with Crippen molar-refractivity contribution in [2.45, 2.75) is 25.9 Å². The van der Waals surface area contributed by atoms with Crippen molar-refractivity contribution in [1.29, 1.82) is 0 Å². The first-order chi connectivity index (χ1) is 8.72. The predicted molar refractivity (Wildman–Crippen MR) is 72.7 cm³/mol. The zero-order valence-corrected chi connectivity index (χ0v) is 11.5. The van der Waals surface area contributed by atoms with Crippen LogP contribution in [0.5, 0.6) is 5.88 Å². The zero-order valence-electron chi connectivity index (χ0n) is 11.5. The Labute approximate surface area is 109 Å². The average molecular weight is 249 g/mol. The Bertz CT molecular complexity index is 366. The highest BCUT2D eigenvalue weighted by Gasteiger charge is 2.24. The van der Waals surface area contributed by atoms with Crippen LogP contribution in [-0.2, 0) is 6.54 Å². The van der Waals surface area contributed by atoms with Crippen LogP contribution in [0.25, 0.3) is 0 Å². The van der Waals surface area contributed by atoms with Crippen molar-refractivity contribution >= 4 is 0 Å². The third-order valence-electron chi connectivity index (χ3n) is 3.77. The van der Waals surface area contributed by atoms with E-state index in [9.17, 15) is 0 Å². The van der Waals surface area contributed by atoms with Crippen LogP contribution < -0.4 is 10.1 Å². The van der Waals surface area contributed by atoms with Crippen LogP contribution in [0.1, 0.15) is 18.9 Å². The van der Waals surface area contributed by atoms with Gasteiger partial charge in [-0.2, -0.15) is 0 Å². The highest BCUT2D eigenvalue weighted by molar-refractivity contribution is 5.17. The number of methoxy groups -OCH3 is 1. The molecule has 1 aliphatic heterocycles.